The smallest absolute Gasteiger partial charge is 0.305 e. The fraction of sp³-hybridized carbons (Fsp3) is 0.424. The number of nitrogens with zero attached hydrogens (tertiary/aromatic N) is 1. The largest absolute Gasteiger partial charge is 0.489 e. The van der Waals surface area contributed by atoms with Crippen LogP contribution in [0.2, 0.25) is 5.02 Å². The quantitative estimate of drug-likeness (QED) is 0.389. The van der Waals surface area contributed by atoms with Gasteiger partial charge in [-0.2, -0.15) is 0 Å². The molecule has 210 valence electrons. The van der Waals surface area contributed by atoms with Crippen molar-refractivity contribution in [3.05, 3.63) is 87.2 Å². The van der Waals surface area contributed by atoms with E-state index < -0.39 is 11.9 Å². The Kier molecular flexibility index (Phi) is 7.43. The Labute approximate surface area is 240 Å². The molecule has 1 aliphatic heterocycles. The number of hydrogen-bond acceptors (Lipinski definition) is 5. The maximum atomic E-state index is 14.0. The molecule has 0 aromatic heterocycles. The average molecular weight is 562 g/mol. The van der Waals surface area contributed by atoms with Crippen molar-refractivity contribution < 1.29 is 24.2 Å². The van der Waals surface area contributed by atoms with Gasteiger partial charge in [-0.15, -0.1) is 0 Å². The number of Topliss-reactive ketones (excluding diaryl/α,β-unsaturated/α-hetero) is 2. The monoisotopic (exact) mass is 561 g/mol. The van der Waals surface area contributed by atoms with E-state index in [-0.39, 0.29) is 42.0 Å². The number of carbonyl (C=O) groups is 3. The molecule has 2 aromatic carbocycles. The molecule has 5 rings (SSSR count). The number of halogens is 1. The van der Waals surface area contributed by atoms with Crippen molar-refractivity contribution >= 4 is 29.1 Å². The number of ether oxygens (including phenoxy) is 1. The van der Waals surface area contributed by atoms with Gasteiger partial charge in [0.1, 0.15) is 12.4 Å². The number of carbonyl (C=O) groups excluding carboxylic acids is 2. The molecule has 0 amide bonds. The van der Waals surface area contributed by atoms with Crippen LogP contribution < -0.4 is 4.74 Å². The second kappa shape index (κ2) is 10.5. The molecule has 0 spiro atoms. The lowest BCUT2D eigenvalue weighted by atomic mass is 9.63. The summed E-state index contributed by atoms with van der Waals surface area (Å²) in [6, 6.07) is 15.1. The SMILES string of the molecule is CC1(C)CC(=O)C2=C(C1)N(CCC(=O)O)C1=C(C(=O)CC(C)(C)C1)C2c1ccccc1OCc1cccc(Cl)c1. The van der Waals surface area contributed by atoms with E-state index in [2.05, 4.69) is 27.7 Å². The van der Waals surface area contributed by atoms with Crippen molar-refractivity contribution in [1.29, 1.82) is 0 Å². The normalized spacial score (nSPS) is 20.4. The molecule has 0 atom stereocenters. The zero-order valence-corrected chi connectivity index (χ0v) is 24.3. The summed E-state index contributed by atoms with van der Waals surface area (Å²) >= 11 is 6.19. The van der Waals surface area contributed by atoms with Crippen molar-refractivity contribution in [3.8, 4) is 5.75 Å². The van der Waals surface area contributed by atoms with Gasteiger partial charge in [0.05, 0.1) is 6.42 Å². The van der Waals surface area contributed by atoms with Crippen molar-refractivity contribution in [3.63, 3.8) is 0 Å². The Balaban J connectivity index is 1.67. The number of rotatable bonds is 7. The summed E-state index contributed by atoms with van der Waals surface area (Å²) in [6.07, 6.45) is 1.90. The number of ketones is 2. The zero-order chi connectivity index (χ0) is 28.8. The predicted octanol–water partition coefficient (Wildman–Crippen LogP) is 7.08. The molecule has 2 aliphatic carbocycles. The molecule has 6 nitrogen and oxygen atoms in total. The van der Waals surface area contributed by atoms with Gasteiger partial charge in [0.25, 0.3) is 0 Å². The van der Waals surface area contributed by atoms with Crippen LogP contribution in [0.15, 0.2) is 71.1 Å². The van der Waals surface area contributed by atoms with Crippen LogP contribution in [0.5, 0.6) is 5.75 Å². The maximum absolute atomic E-state index is 14.0. The van der Waals surface area contributed by atoms with Crippen molar-refractivity contribution in [2.75, 3.05) is 6.54 Å². The highest BCUT2D eigenvalue weighted by atomic mass is 35.5. The van der Waals surface area contributed by atoms with E-state index in [0.717, 1.165) is 22.5 Å². The molecular formula is C33H36ClNO5. The van der Waals surface area contributed by atoms with Gasteiger partial charge >= 0.3 is 5.97 Å². The third kappa shape index (κ3) is 5.60. The number of hydrogen-bond donors (Lipinski definition) is 1. The van der Waals surface area contributed by atoms with E-state index in [0.29, 0.717) is 47.6 Å². The summed E-state index contributed by atoms with van der Waals surface area (Å²) in [7, 11) is 0. The van der Waals surface area contributed by atoms with E-state index in [1.54, 1.807) is 0 Å². The molecule has 0 saturated carbocycles. The number of allylic oxidation sites excluding steroid dienone is 4. The number of para-hydroxylation sites is 1. The third-order valence-corrected chi connectivity index (χ3v) is 8.32. The minimum absolute atomic E-state index is 0.00500. The Bertz CT molecular complexity index is 1400. The van der Waals surface area contributed by atoms with E-state index >= 15 is 0 Å². The summed E-state index contributed by atoms with van der Waals surface area (Å²) in [5.41, 5.74) is 4.04. The van der Waals surface area contributed by atoms with Gasteiger partial charge in [-0.05, 0) is 47.4 Å². The van der Waals surface area contributed by atoms with Crippen molar-refractivity contribution in [2.45, 2.75) is 72.3 Å². The van der Waals surface area contributed by atoms with E-state index in [1.165, 1.54) is 0 Å². The van der Waals surface area contributed by atoms with Gasteiger partial charge in [0.15, 0.2) is 11.6 Å². The summed E-state index contributed by atoms with van der Waals surface area (Å²) < 4.78 is 6.33. The number of carboxylic acids is 1. The van der Waals surface area contributed by atoms with Crippen LogP contribution in [-0.2, 0) is 21.0 Å². The Morgan fingerprint density at radius 2 is 1.52 bits per heavy atom. The predicted molar refractivity (Wildman–Crippen MR) is 154 cm³/mol. The first-order valence-corrected chi connectivity index (χ1v) is 14.2. The van der Waals surface area contributed by atoms with Crippen molar-refractivity contribution in [1.82, 2.24) is 4.90 Å². The minimum Gasteiger partial charge on any atom is -0.489 e. The second-order valence-corrected chi connectivity index (χ2v) is 13.2. The molecular weight excluding hydrogens is 526 g/mol. The number of benzene rings is 2. The van der Waals surface area contributed by atoms with Crippen molar-refractivity contribution in [2.24, 2.45) is 10.8 Å². The molecule has 0 radical (unpaired) electrons. The molecule has 0 fully saturated rings. The van der Waals surface area contributed by atoms with E-state index in [9.17, 15) is 19.5 Å². The fourth-order valence-electron chi connectivity index (χ4n) is 6.47. The summed E-state index contributed by atoms with van der Waals surface area (Å²) in [6.45, 7) is 8.79. The van der Waals surface area contributed by atoms with Gasteiger partial charge in [0, 0.05) is 58.4 Å². The van der Waals surface area contributed by atoms with Gasteiger partial charge in [-0.25, -0.2) is 0 Å². The van der Waals surface area contributed by atoms with Crippen LogP contribution in [0.3, 0.4) is 0 Å². The molecule has 0 saturated heterocycles. The zero-order valence-electron chi connectivity index (χ0n) is 23.6. The number of carboxylic acid groups (broad SMARTS) is 1. The summed E-state index contributed by atoms with van der Waals surface area (Å²) in [4.78, 5) is 41.6. The minimum atomic E-state index is -0.908. The molecule has 40 heavy (non-hydrogen) atoms. The third-order valence-electron chi connectivity index (χ3n) is 8.08. The first-order valence-electron chi connectivity index (χ1n) is 13.8. The first-order chi connectivity index (χ1) is 18.8. The standard InChI is InChI=1S/C33H36ClNO5/c1-32(2)15-23-30(25(36)17-32)29(22-10-5-6-11-27(22)40-19-20-8-7-9-21(34)14-20)31-24(35(23)13-12-28(38)39)16-33(3,4)18-26(31)37/h5-11,14,29H,12-13,15-19H2,1-4H3,(H,38,39). The van der Waals surface area contributed by atoms with E-state index in [4.69, 9.17) is 16.3 Å². The molecule has 1 N–H and O–H groups in total. The Hall–Kier alpha value is -3.38. The van der Waals surface area contributed by atoms with Gasteiger partial charge in [-0.1, -0.05) is 69.6 Å². The van der Waals surface area contributed by atoms with Crippen LogP contribution in [0, 0.1) is 10.8 Å². The lowest BCUT2D eigenvalue weighted by Gasteiger charge is -2.49. The van der Waals surface area contributed by atoms with Crippen LogP contribution in [0.25, 0.3) is 0 Å². The molecule has 7 heteroatoms. The molecule has 0 unspecified atom stereocenters. The van der Waals surface area contributed by atoms with Crippen LogP contribution in [-0.4, -0.2) is 34.1 Å². The van der Waals surface area contributed by atoms with Gasteiger partial charge in [0.2, 0.25) is 0 Å². The highest BCUT2D eigenvalue weighted by Gasteiger charge is 2.49. The Morgan fingerprint density at radius 3 is 2.10 bits per heavy atom. The molecule has 1 heterocycles. The van der Waals surface area contributed by atoms with Gasteiger partial charge in [-0.3, -0.25) is 14.4 Å². The van der Waals surface area contributed by atoms with E-state index in [1.807, 2.05) is 53.4 Å². The van der Waals surface area contributed by atoms with Crippen LogP contribution >= 0.6 is 11.6 Å². The summed E-state index contributed by atoms with van der Waals surface area (Å²) in [5.74, 6) is -0.848. The number of aliphatic carboxylic acids is 1. The lowest BCUT2D eigenvalue weighted by Crippen LogP contribution is -2.45. The highest BCUT2D eigenvalue weighted by molar-refractivity contribution is 6.30. The second-order valence-electron chi connectivity index (χ2n) is 12.8. The molecule has 3 aliphatic rings. The lowest BCUT2D eigenvalue weighted by molar-refractivity contribution is -0.137. The average Bonchev–Trinajstić information content (AvgIpc) is 2.84. The Morgan fingerprint density at radius 1 is 0.925 bits per heavy atom. The topological polar surface area (TPSA) is 83.9 Å². The summed E-state index contributed by atoms with van der Waals surface area (Å²) in [5, 5.41) is 10.2. The highest BCUT2D eigenvalue weighted by Crippen LogP contribution is 2.55. The fourth-order valence-corrected chi connectivity index (χ4v) is 6.69. The molecule has 2 aromatic rings. The maximum Gasteiger partial charge on any atom is 0.305 e. The van der Waals surface area contributed by atoms with Gasteiger partial charge < -0.3 is 14.7 Å². The first kappa shape index (κ1) is 28.2. The van der Waals surface area contributed by atoms with Crippen LogP contribution in [0.1, 0.15) is 76.8 Å². The molecule has 0 bridgehead atoms. The van der Waals surface area contributed by atoms with Crippen LogP contribution in [0.4, 0.5) is 0 Å².